The number of para-hydroxylation sites is 2. The van der Waals surface area contributed by atoms with E-state index in [0.29, 0.717) is 33.8 Å². The summed E-state index contributed by atoms with van der Waals surface area (Å²) in [5.74, 6) is 0.795. The number of rotatable bonds is 2. The van der Waals surface area contributed by atoms with E-state index in [-0.39, 0.29) is 11.6 Å². The number of hydrogen-bond donors (Lipinski definition) is 0. The van der Waals surface area contributed by atoms with E-state index in [0.717, 1.165) is 0 Å². The Morgan fingerprint density at radius 2 is 0.719 bits per heavy atom. The highest BCUT2D eigenvalue weighted by molar-refractivity contribution is 6.28. The molecule has 5 nitrogen and oxygen atoms in total. The van der Waals surface area contributed by atoms with Gasteiger partial charge >= 0.3 is 6.16 Å². The number of carbonyl (C=O) groups is 3. The van der Waals surface area contributed by atoms with Crippen LogP contribution in [-0.2, 0) is 0 Å². The van der Waals surface area contributed by atoms with Gasteiger partial charge in [0.1, 0.15) is 11.5 Å². The molecule has 32 heavy (non-hydrogen) atoms. The zero-order valence-electron chi connectivity index (χ0n) is 16.9. The third-order valence-corrected chi connectivity index (χ3v) is 4.72. The van der Waals surface area contributed by atoms with Crippen LogP contribution in [0.3, 0.4) is 0 Å². The van der Waals surface area contributed by atoms with E-state index in [1.165, 1.54) is 0 Å². The zero-order chi connectivity index (χ0) is 22.3. The molecule has 0 amide bonds. The highest BCUT2D eigenvalue weighted by Crippen LogP contribution is 2.26. The number of fused-ring (bicyclic) bond motifs is 2. The monoisotopic (exact) mass is 422 g/mol. The van der Waals surface area contributed by atoms with E-state index in [4.69, 9.17) is 9.47 Å². The van der Waals surface area contributed by atoms with Gasteiger partial charge in [0, 0.05) is 22.3 Å². The van der Waals surface area contributed by atoms with Crippen molar-refractivity contribution in [2.45, 2.75) is 0 Å². The summed E-state index contributed by atoms with van der Waals surface area (Å²) in [6.45, 7) is 0. The molecule has 0 atom stereocenters. The molecule has 0 saturated heterocycles. The van der Waals surface area contributed by atoms with Crippen LogP contribution in [0, 0.1) is 0 Å². The average Bonchev–Trinajstić information content (AvgIpc) is 2.84. The Labute approximate surface area is 184 Å². The minimum atomic E-state index is -0.739. The Bertz CT molecular complexity index is 1110. The van der Waals surface area contributed by atoms with Crippen molar-refractivity contribution in [3.05, 3.63) is 131 Å². The predicted molar refractivity (Wildman–Crippen MR) is 119 cm³/mol. The largest absolute Gasteiger partial charge is 0.519 e. The standard InChI is InChI=1S/C14H8O2.C13H10O3/c15-13-9-5-1-2-6-10(9)14(16)12-8-4-3-7-11(12)13;14-13(15-11-7-3-1-4-8-11)16-12-9-5-2-6-10-12/h1-8H;1-10H. The van der Waals surface area contributed by atoms with Crippen LogP contribution in [0.2, 0.25) is 0 Å². The Hall–Kier alpha value is -4.51. The van der Waals surface area contributed by atoms with Gasteiger partial charge in [-0.1, -0.05) is 84.9 Å². The van der Waals surface area contributed by atoms with Crippen molar-refractivity contribution in [1.29, 1.82) is 0 Å². The van der Waals surface area contributed by atoms with Crippen LogP contribution in [0.25, 0.3) is 0 Å². The molecule has 0 saturated carbocycles. The van der Waals surface area contributed by atoms with Crippen molar-refractivity contribution in [2.75, 3.05) is 0 Å². The molecule has 0 aromatic heterocycles. The maximum absolute atomic E-state index is 12.1. The number of ether oxygens (including phenoxy) is 2. The first kappa shape index (κ1) is 20.8. The van der Waals surface area contributed by atoms with E-state index in [2.05, 4.69) is 0 Å². The van der Waals surface area contributed by atoms with E-state index < -0.39 is 6.16 Å². The molecule has 0 fully saturated rings. The van der Waals surface area contributed by atoms with Gasteiger partial charge in [-0.3, -0.25) is 9.59 Å². The molecule has 0 bridgehead atoms. The van der Waals surface area contributed by atoms with Crippen LogP contribution in [0.5, 0.6) is 11.5 Å². The molecule has 5 heteroatoms. The normalized spacial score (nSPS) is 11.4. The summed E-state index contributed by atoms with van der Waals surface area (Å²) in [7, 11) is 0. The molecule has 0 radical (unpaired) electrons. The van der Waals surface area contributed by atoms with Crippen molar-refractivity contribution in [2.24, 2.45) is 0 Å². The fourth-order valence-electron chi connectivity index (χ4n) is 3.24. The van der Waals surface area contributed by atoms with Crippen LogP contribution in [0.4, 0.5) is 4.79 Å². The summed E-state index contributed by atoms with van der Waals surface area (Å²) < 4.78 is 9.91. The van der Waals surface area contributed by atoms with Crippen LogP contribution < -0.4 is 9.47 Å². The summed E-state index contributed by atoms with van der Waals surface area (Å²) in [5.41, 5.74) is 2.02. The van der Waals surface area contributed by atoms with E-state index in [1.54, 1.807) is 97.1 Å². The van der Waals surface area contributed by atoms with Gasteiger partial charge in [-0.15, -0.1) is 0 Å². The minimum absolute atomic E-state index is 0.0641. The van der Waals surface area contributed by atoms with E-state index >= 15 is 0 Å². The Morgan fingerprint density at radius 3 is 1.03 bits per heavy atom. The van der Waals surface area contributed by atoms with Gasteiger partial charge in [0.2, 0.25) is 0 Å². The molecule has 4 aromatic rings. The van der Waals surface area contributed by atoms with Gasteiger partial charge < -0.3 is 9.47 Å². The van der Waals surface area contributed by atoms with E-state index in [9.17, 15) is 14.4 Å². The number of hydrogen-bond acceptors (Lipinski definition) is 5. The molecule has 1 aliphatic rings. The second kappa shape index (κ2) is 9.53. The van der Waals surface area contributed by atoms with Crippen molar-refractivity contribution in [3.8, 4) is 11.5 Å². The summed E-state index contributed by atoms with van der Waals surface area (Å²) in [5, 5.41) is 0. The number of ketones is 2. The summed E-state index contributed by atoms with van der Waals surface area (Å²) in [6, 6.07) is 31.5. The maximum atomic E-state index is 12.1. The summed E-state index contributed by atoms with van der Waals surface area (Å²) in [6.07, 6.45) is -0.739. The van der Waals surface area contributed by atoms with Gasteiger partial charge in [-0.2, -0.15) is 0 Å². The topological polar surface area (TPSA) is 69.7 Å². The minimum Gasteiger partial charge on any atom is -0.395 e. The van der Waals surface area contributed by atoms with Crippen molar-refractivity contribution >= 4 is 17.7 Å². The molecule has 0 aliphatic heterocycles. The van der Waals surface area contributed by atoms with Crippen molar-refractivity contribution < 1.29 is 23.9 Å². The second-order valence-corrected chi connectivity index (χ2v) is 6.83. The molecular weight excluding hydrogens is 404 g/mol. The maximum Gasteiger partial charge on any atom is 0.519 e. The first-order valence-electron chi connectivity index (χ1n) is 9.90. The highest BCUT2D eigenvalue weighted by atomic mass is 16.7. The zero-order valence-corrected chi connectivity index (χ0v) is 16.9. The molecule has 1 aliphatic carbocycles. The van der Waals surface area contributed by atoms with Crippen LogP contribution in [0.1, 0.15) is 31.8 Å². The SMILES string of the molecule is O=C(Oc1ccccc1)Oc1ccccc1.O=C1c2ccccc2C(=O)c2ccccc21. The molecule has 0 N–H and O–H groups in total. The molecular formula is C27H18O5. The molecule has 0 heterocycles. The Balaban J connectivity index is 0.000000153. The molecule has 156 valence electrons. The fourth-order valence-corrected chi connectivity index (χ4v) is 3.24. The lowest BCUT2D eigenvalue weighted by molar-refractivity contribution is 0.0979. The lowest BCUT2D eigenvalue weighted by Gasteiger charge is -2.16. The quantitative estimate of drug-likeness (QED) is 0.269. The van der Waals surface area contributed by atoms with Crippen molar-refractivity contribution in [1.82, 2.24) is 0 Å². The van der Waals surface area contributed by atoms with Crippen molar-refractivity contribution in [3.63, 3.8) is 0 Å². The third kappa shape index (κ3) is 4.63. The summed E-state index contributed by atoms with van der Waals surface area (Å²) >= 11 is 0. The highest BCUT2D eigenvalue weighted by Gasteiger charge is 2.28. The lowest BCUT2D eigenvalue weighted by Crippen LogP contribution is -2.20. The van der Waals surface area contributed by atoms with E-state index in [1.807, 2.05) is 12.1 Å². The fraction of sp³-hybridized carbons (Fsp3) is 0. The number of benzene rings is 4. The Kier molecular flexibility index (Phi) is 6.18. The molecule has 0 spiro atoms. The first-order chi connectivity index (χ1) is 15.6. The smallest absolute Gasteiger partial charge is 0.395 e. The summed E-state index contributed by atoms with van der Waals surface area (Å²) in [4.78, 5) is 35.5. The van der Waals surface area contributed by atoms with Crippen LogP contribution in [0.15, 0.2) is 109 Å². The molecule has 0 unspecified atom stereocenters. The Morgan fingerprint density at radius 1 is 0.438 bits per heavy atom. The third-order valence-electron chi connectivity index (χ3n) is 4.72. The number of carbonyl (C=O) groups excluding carboxylic acids is 3. The van der Waals surface area contributed by atoms with Gasteiger partial charge in [0.05, 0.1) is 0 Å². The predicted octanol–water partition coefficient (Wildman–Crippen LogP) is 5.73. The molecule has 5 rings (SSSR count). The van der Waals surface area contributed by atoms with Gasteiger partial charge in [-0.05, 0) is 24.3 Å². The van der Waals surface area contributed by atoms with Gasteiger partial charge in [0.25, 0.3) is 0 Å². The first-order valence-corrected chi connectivity index (χ1v) is 9.90. The lowest BCUT2D eigenvalue weighted by atomic mass is 9.84. The van der Waals surface area contributed by atoms with Crippen LogP contribution >= 0.6 is 0 Å². The average molecular weight is 422 g/mol. The van der Waals surface area contributed by atoms with Gasteiger partial charge in [0.15, 0.2) is 11.6 Å². The van der Waals surface area contributed by atoms with Crippen LogP contribution in [-0.4, -0.2) is 17.7 Å². The molecule has 4 aromatic carbocycles. The van der Waals surface area contributed by atoms with Gasteiger partial charge in [-0.25, -0.2) is 4.79 Å². The second-order valence-electron chi connectivity index (χ2n) is 6.83.